The number of ether oxygens (including phenoxy) is 3. The third kappa shape index (κ3) is 77.2. The number of methoxy groups -OCH3 is 1. The van der Waals surface area contributed by atoms with Gasteiger partial charge in [-0.05, 0) is 185 Å². The van der Waals surface area contributed by atoms with Crippen LogP contribution in [-0.4, -0.2) is 181 Å². The molecule has 0 atom stereocenters. The molecule has 0 spiro atoms. The number of amides is 2. The summed E-state index contributed by atoms with van der Waals surface area (Å²) < 4.78 is 43.9. The second-order valence-corrected chi connectivity index (χ2v) is 46.9. The molecule has 0 unspecified atom stereocenters. The van der Waals surface area contributed by atoms with Crippen molar-refractivity contribution < 1.29 is 42.2 Å². The lowest BCUT2D eigenvalue weighted by atomic mass is 9.90. The van der Waals surface area contributed by atoms with Crippen molar-refractivity contribution in [2.75, 3.05) is 116 Å². The van der Waals surface area contributed by atoms with Crippen molar-refractivity contribution in [3.05, 3.63) is 99.2 Å². The van der Waals surface area contributed by atoms with E-state index >= 15 is 0 Å². The van der Waals surface area contributed by atoms with Gasteiger partial charge in [0.05, 0.1) is 62.3 Å². The summed E-state index contributed by atoms with van der Waals surface area (Å²) in [6.07, 6.45) is 28.2. The van der Waals surface area contributed by atoms with Crippen LogP contribution in [-0.2, 0) is 57.1 Å². The average molecular weight is 1850 g/mol. The maximum absolute atomic E-state index is 11.4. The molecule has 0 aliphatic heterocycles. The van der Waals surface area contributed by atoms with Crippen LogP contribution in [0.5, 0.6) is 0 Å². The van der Waals surface area contributed by atoms with E-state index in [0.717, 1.165) is 141 Å². The smallest absolute Gasteiger partial charge is 0.406 e. The lowest BCUT2D eigenvalue weighted by Crippen LogP contribution is -2.40. The van der Waals surface area contributed by atoms with Gasteiger partial charge >= 0.3 is 12.2 Å². The zero-order valence-electron chi connectivity index (χ0n) is 87.9. The Morgan fingerprint density at radius 2 is 0.860 bits per heavy atom. The van der Waals surface area contributed by atoms with Crippen molar-refractivity contribution in [2.45, 2.75) is 362 Å². The fourth-order valence-corrected chi connectivity index (χ4v) is 11.7. The van der Waals surface area contributed by atoms with E-state index < -0.39 is 25.8 Å². The summed E-state index contributed by atoms with van der Waals surface area (Å²) in [5, 5.41) is 62.2. The van der Waals surface area contributed by atoms with Crippen LogP contribution in [0, 0.1) is 58.8 Å². The molecule has 0 bridgehead atoms. The molecule has 0 aliphatic rings. The fraction of sp³-hybridized carbons (Fsp3) is 0.811. The predicted molar refractivity (Wildman–Crippen MR) is 533 cm³/mol. The molecule has 33 nitrogen and oxygen atoms in total. The van der Waals surface area contributed by atoms with Crippen molar-refractivity contribution >= 4 is 45.0 Å². The monoisotopic (exact) mass is 1850 g/mol. The minimum Gasteiger partial charge on any atom is -0.453 e. The third-order valence-electron chi connectivity index (χ3n) is 18.7. The molecule has 8 N–H and O–H groups in total. The van der Waals surface area contributed by atoms with Crippen LogP contribution in [0.2, 0.25) is 0 Å². The normalized spacial score (nSPS) is 12.1. The van der Waals surface area contributed by atoms with Gasteiger partial charge < -0.3 is 61.4 Å². The van der Waals surface area contributed by atoms with Gasteiger partial charge in [-0.3, -0.25) is 43.3 Å². The lowest BCUT2D eigenvalue weighted by Gasteiger charge is -2.21. The van der Waals surface area contributed by atoms with Crippen LogP contribution in [0.1, 0.15) is 335 Å². The maximum Gasteiger partial charge on any atom is 0.406 e. The number of hydrogen-bond acceptors (Lipinski definition) is 26. The number of nitrogens with zero attached hydrogens (tertiary/aromatic N) is 12. The fourth-order valence-electron chi connectivity index (χ4n) is 11.3. The molecule has 129 heavy (non-hydrogen) atoms. The maximum atomic E-state index is 11.4. The van der Waals surface area contributed by atoms with E-state index in [0.29, 0.717) is 109 Å². The van der Waals surface area contributed by atoms with Crippen molar-refractivity contribution in [3.8, 4) is 0 Å². The minimum absolute atomic E-state index is 0.0285. The van der Waals surface area contributed by atoms with E-state index in [4.69, 9.17) is 14.6 Å². The highest BCUT2D eigenvalue weighted by Gasteiger charge is 2.24. The molecule has 2 amide bonds. The predicted octanol–water partition coefficient (Wildman–Crippen LogP) is 18.0. The molecule has 0 aliphatic carbocycles. The SMILES string of the molecule is CC(C)(C)CCCn1cc(CO)nn1.CC(C)(C)CCCn1cc(COC(C)(C)C)nn1.CC(C)(C)CCCn1ccnn1.CN(C)c1c(NCCCC(C)(C)C)c(=O)c1=O.CN(CCCC(C)(C)C)S(C)(=O)=O.CN/C(=C\[N+](=O)[O-])NCCCC(C)(C)C.CNC(=O)OCCCC(C)(C)C.CNc1c(NCCCC(C)(C)C)c(=O)c1=O.COC(=O)NCCCC(C)(C)C. The van der Waals surface area contributed by atoms with E-state index in [2.05, 4.69) is 260 Å². The standard InChI is InChI=1S/C14H27N3O.C13H22N2O2.C12H20N2O2.C10H21N3O2.C10H19N3O.C9H17N3.C9H21NO2S.2C9H19NO2/c1-13(2,3)8-7-9-17-10-12(15-16-17)11-18-14(4,5)6;1-13(2,3)7-6-8-14-9-10(15(4)5)12(17)11(9)16;1-12(2,3)6-5-7-14-9-8(13-4)10(15)11(9)16;1-10(2,3)6-5-7-12-9(11-4)8-13(14)15;1-10(2,3)5-4-6-13-7-9(8-14)11-12-13;1-9(2,3)5-4-7-12-8-6-10-11-12;1-9(2,3)7-6-8-10(4)13(5,11)12;1-9(2,3)6-5-7-10-8(11)12-4;1-9(2,3)6-5-7-12-8(11)10-4/h10H,7-9,11H2,1-6H3;14H,6-8H2,1-5H3;13-14H,5-7H2,1-4H3;8,11-12H,5-7H2,1-4H3;7,14H,4-6,8H2,1-3H3;6,8H,4-5,7H2,1-3H3;6-8H2,1-5H3;2*5-7H2,1-4H3,(H,10,11)/b;;;9-8+;;;;;. The Morgan fingerprint density at radius 3 is 1.22 bits per heavy atom. The molecule has 5 aromatic rings. The van der Waals surface area contributed by atoms with E-state index in [1.807, 2.05) is 42.5 Å². The van der Waals surface area contributed by atoms with Gasteiger partial charge in [0.2, 0.25) is 10.0 Å². The molecule has 3 aromatic heterocycles. The number of aryl methyl sites for hydroxylation is 3. The minimum atomic E-state index is -2.99. The van der Waals surface area contributed by atoms with Crippen LogP contribution in [0.15, 0.2) is 56.0 Å². The number of nitrogens with one attached hydrogen (secondary N) is 7. The number of carbonyl (C=O) groups excluding carboxylic acids is 2. The van der Waals surface area contributed by atoms with Gasteiger partial charge in [0.1, 0.15) is 34.1 Å². The van der Waals surface area contributed by atoms with E-state index in [-0.39, 0.29) is 35.3 Å². The van der Waals surface area contributed by atoms with Gasteiger partial charge in [-0.15, -0.1) is 15.3 Å². The molecule has 2 aromatic carbocycles. The van der Waals surface area contributed by atoms with Crippen LogP contribution >= 0.6 is 0 Å². The van der Waals surface area contributed by atoms with E-state index in [9.17, 15) is 47.3 Å². The number of hydrogen-bond donors (Lipinski definition) is 8. The van der Waals surface area contributed by atoms with Gasteiger partial charge in [0.15, 0.2) is 5.82 Å². The van der Waals surface area contributed by atoms with Crippen LogP contribution in [0.4, 0.5) is 32.3 Å². The Bertz CT molecular complexity index is 4050. The Balaban J connectivity index is -0.000000684. The van der Waals surface area contributed by atoms with Crippen molar-refractivity contribution in [2.24, 2.45) is 48.7 Å². The molecule has 0 saturated heterocycles. The quantitative estimate of drug-likeness (QED) is 0.00787. The zero-order valence-corrected chi connectivity index (χ0v) is 88.7. The van der Waals surface area contributed by atoms with Gasteiger partial charge in [-0.25, -0.2) is 22.3 Å². The first kappa shape index (κ1) is 127. The first-order valence-corrected chi connectivity index (χ1v) is 47.8. The van der Waals surface area contributed by atoms with Gasteiger partial charge in [-0.2, -0.15) is 0 Å². The zero-order chi connectivity index (χ0) is 101. The molecule has 0 fully saturated rings. The lowest BCUT2D eigenvalue weighted by molar-refractivity contribution is -0.404. The first-order valence-electron chi connectivity index (χ1n) is 45.9. The Labute approximate surface area is 779 Å². The number of aliphatic hydroxyl groups is 1. The van der Waals surface area contributed by atoms with Crippen LogP contribution < -0.4 is 63.8 Å². The average Bonchev–Trinajstić information content (AvgIpc) is 1.43. The Hall–Kier alpha value is -8.11. The molecule has 750 valence electrons. The summed E-state index contributed by atoms with van der Waals surface area (Å²) in [5.74, 6) is 0.453. The second-order valence-electron chi connectivity index (χ2n) is 44.8. The van der Waals surface area contributed by atoms with Crippen molar-refractivity contribution in [3.63, 3.8) is 0 Å². The topological polar surface area (TPSA) is 410 Å². The summed E-state index contributed by atoms with van der Waals surface area (Å²) >= 11 is 0. The number of anilines is 4. The number of nitro groups is 1. The summed E-state index contributed by atoms with van der Waals surface area (Å²) in [6.45, 7) is 72.9. The summed E-state index contributed by atoms with van der Waals surface area (Å²) in [5.41, 5.74) is 4.76. The molecule has 3 heterocycles. The van der Waals surface area contributed by atoms with Crippen molar-refractivity contribution in [1.82, 2.24) is 70.6 Å². The highest BCUT2D eigenvalue weighted by molar-refractivity contribution is 7.88. The number of rotatable bonds is 38. The second kappa shape index (κ2) is 62.3. The third-order valence-corrected chi connectivity index (χ3v) is 20.0. The Morgan fingerprint density at radius 1 is 0.488 bits per heavy atom. The first-order chi connectivity index (χ1) is 58.7. The number of carbonyl (C=O) groups is 2. The molecule has 34 heteroatoms. The van der Waals surface area contributed by atoms with Crippen LogP contribution in [0.3, 0.4) is 0 Å². The number of aromatic nitrogens is 9. The Kier molecular flexibility index (Phi) is 61.4. The number of aliphatic hydroxyl groups excluding tert-OH is 1. The van der Waals surface area contributed by atoms with Gasteiger partial charge in [-0.1, -0.05) is 203 Å². The molecule has 5 rings (SSSR count). The number of sulfonamides is 1. The molecule has 0 radical (unpaired) electrons. The van der Waals surface area contributed by atoms with Crippen LogP contribution in [0.25, 0.3) is 0 Å². The van der Waals surface area contributed by atoms with Gasteiger partial charge in [0.25, 0.3) is 27.9 Å². The number of alkyl carbamates (subject to hydrolysis) is 2. The highest BCUT2D eigenvalue weighted by atomic mass is 32.2. The summed E-state index contributed by atoms with van der Waals surface area (Å²) in [7, 11) is 8.43. The highest BCUT2D eigenvalue weighted by Crippen LogP contribution is 2.28. The molecular weight excluding hydrogens is 1660 g/mol. The molecular formula is C95H185N19O14S. The molecule has 0 saturated carbocycles. The van der Waals surface area contributed by atoms with E-state index in [1.165, 1.54) is 43.4 Å². The van der Waals surface area contributed by atoms with Crippen molar-refractivity contribution in [1.29, 1.82) is 0 Å². The van der Waals surface area contributed by atoms with E-state index in [1.54, 1.807) is 64.3 Å². The van der Waals surface area contributed by atoms with Gasteiger partial charge in [0, 0.05) is 101 Å². The largest absolute Gasteiger partial charge is 0.453 e. The summed E-state index contributed by atoms with van der Waals surface area (Å²) in [6, 6.07) is 0. The summed E-state index contributed by atoms with van der Waals surface area (Å²) in [4.78, 5) is 77.6.